The van der Waals surface area contributed by atoms with Crippen LogP contribution in [0.5, 0.6) is 17.2 Å². The Bertz CT molecular complexity index is 627. The molecule has 0 aromatic heterocycles. The average molecular weight is 305 g/mol. The van der Waals surface area contributed by atoms with Gasteiger partial charge in [0.05, 0.1) is 12.5 Å². The van der Waals surface area contributed by atoms with Gasteiger partial charge in [-0.15, -0.1) is 11.6 Å². The number of hydrogen-bond donors (Lipinski definition) is 0. The summed E-state index contributed by atoms with van der Waals surface area (Å²) in [7, 11) is 1.67. The number of benzene rings is 2. The molecule has 0 radical (unpaired) electrons. The Morgan fingerprint density at radius 1 is 1.10 bits per heavy atom. The molecule has 0 saturated heterocycles. The molecule has 2 aromatic rings. The lowest BCUT2D eigenvalue weighted by Crippen LogP contribution is -2.15. The zero-order valence-electron chi connectivity index (χ0n) is 11.8. The monoisotopic (exact) mass is 304 g/mol. The van der Waals surface area contributed by atoms with Crippen LogP contribution < -0.4 is 14.2 Å². The van der Waals surface area contributed by atoms with E-state index >= 15 is 0 Å². The van der Waals surface area contributed by atoms with E-state index in [0.717, 1.165) is 28.4 Å². The van der Waals surface area contributed by atoms with Crippen molar-refractivity contribution in [2.45, 2.75) is 11.8 Å². The van der Waals surface area contributed by atoms with Crippen molar-refractivity contribution in [3.8, 4) is 17.2 Å². The van der Waals surface area contributed by atoms with Gasteiger partial charge in [-0.2, -0.15) is 0 Å². The van der Waals surface area contributed by atoms with Crippen molar-refractivity contribution in [1.29, 1.82) is 0 Å². The Morgan fingerprint density at radius 3 is 2.67 bits per heavy atom. The smallest absolute Gasteiger partial charge is 0.161 e. The molecule has 21 heavy (non-hydrogen) atoms. The molecule has 4 heteroatoms. The fourth-order valence-electron chi connectivity index (χ4n) is 2.44. The lowest BCUT2D eigenvalue weighted by molar-refractivity contribution is 0.171. The van der Waals surface area contributed by atoms with E-state index in [4.69, 9.17) is 25.8 Å². The molecule has 0 N–H and O–H groups in total. The van der Waals surface area contributed by atoms with Gasteiger partial charge in [0, 0.05) is 0 Å². The minimum atomic E-state index is -0.142. The third-order valence-electron chi connectivity index (χ3n) is 3.52. The molecular weight excluding hydrogens is 288 g/mol. The van der Waals surface area contributed by atoms with Gasteiger partial charge in [-0.05, 0) is 35.7 Å². The van der Waals surface area contributed by atoms with E-state index in [-0.39, 0.29) is 5.38 Å². The molecule has 1 atom stereocenters. The summed E-state index contributed by atoms with van der Waals surface area (Å²) in [6, 6.07) is 13.8. The van der Waals surface area contributed by atoms with Crippen LogP contribution in [-0.4, -0.2) is 20.3 Å². The molecule has 3 nitrogen and oxygen atoms in total. The quantitative estimate of drug-likeness (QED) is 0.799. The molecule has 0 fully saturated rings. The van der Waals surface area contributed by atoms with Crippen LogP contribution in [0.25, 0.3) is 0 Å². The molecule has 110 valence electrons. The van der Waals surface area contributed by atoms with Crippen LogP contribution in [-0.2, 0) is 6.42 Å². The molecule has 1 unspecified atom stereocenters. The van der Waals surface area contributed by atoms with Crippen molar-refractivity contribution < 1.29 is 14.2 Å². The van der Waals surface area contributed by atoms with Crippen molar-refractivity contribution in [3.63, 3.8) is 0 Å². The van der Waals surface area contributed by atoms with Gasteiger partial charge in [-0.25, -0.2) is 0 Å². The van der Waals surface area contributed by atoms with Crippen LogP contribution >= 0.6 is 11.6 Å². The summed E-state index contributed by atoms with van der Waals surface area (Å²) >= 11 is 6.56. The Kier molecular flexibility index (Phi) is 4.20. The summed E-state index contributed by atoms with van der Waals surface area (Å²) in [6.45, 7) is 1.17. The fraction of sp³-hybridized carbons (Fsp3) is 0.294. The number of alkyl halides is 1. The first-order chi connectivity index (χ1) is 10.3. The van der Waals surface area contributed by atoms with Crippen molar-refractivity contribution in [3.05, 3.63) is 53.6 Å². The van der Waals surface area contributed by atoms with Gasteiger partial charge >= 0.3 is 0 Å². The summed E-state index contributed by atoms with van der Waals surface area (Å²) in [5, 5.41) is -0.142. The van der Waals surface area contributed by atoms with E-state index in [9.17, 15) is 0 Å². The number of hydrogen-bond acceptors (Lipinski definition) is 3. The second-order valence-electron chi connectivity index (χ2n) is 4.89. The van der Waals surface area contributed by atoms with Crippen LogP contribution in [0.3, 0.4) is 0 Å². The van der Waals surface area contributed by atoms with Crippen molar-refractivity contribution in [2.24, 2.45) is 0 Å². The number of methoxy groups -OCH3 is 1. The van der Waals surface area contributed by atoms with Gasteiger partial charge in [0.2, 0.25) is 0 Å². The van der Waals surface area contributed by atoms with Crippen molar-refractivity contribution in [2.75, 3.05) is 20.3 Å². The summed E-state index contributed by atoms with van der Waals surface area (Å²) in [6.07, 6.45) is 0.700. The maximum atomic E-state index is 6.56. The number of para-hydroxylation sites is 1. The van der Waals surface area contributed by atoms with Gasteiger partial charge < -0.3 is 14.2 Å². The highest BCUT2D eigenvalue weighted by atomic mass is 35.5. The lowest BCUT2D eigenvalue weighted by atomic mass is 10.0. The predicted molar refractivity (Wildman–Crippen MR) is 82.7 cm³/mol. The summed E-state index contributed by atoms with van der Waals surface area (Å²) in [4.78, 5) is 0. The summed E-state index contributed by atoms with van der Waals surface area (Å²) < 4.78 is 16.5. The first-order valence-electron chi connectivity index (χ1n) is 6.93. The largest absolute Gasteiger partial charge is 0.496 e. The fourth-order valence-corrected chi connectivity index (χ4v) is 2.74. The SMILES string of the molecule is COc1ccccc1CC(Cl)c1ccc2c(c1)OCCO2. The van der Waals surface area contributed by atoms with Crippen molar-refractivity contribution in [1.82, 2.24) is 0 Å². The third kappa shape index (κ3) is 3.08. The number of fused-ring (bicyclic) bond motifs is 1. The molecule has 0 saturated carbocycles. The highest BCUT2D eigenvalue weighted by Crippen LogP contribution is 2.36. The van der Waals surface area contributed by atoms with E-state index in [2.05, 4.69) is 0 Å². The number of rotatable bonds is 4. The molecule has 0 spiro atoms. The Hall–Kier alpha value is -1.87. The second-order valence-corrected chi connectivity index (χ2v) is 5.41. The van der Waals surface area contributed by atoms with Gasteiger partial charge in [-0.1, -0.05) is 24.3 Å². The van der Waals surface area contributed by atoms with Crippen LogP contribution in [0.4, 0.5) is 0 Å². The van der Waals surface area contributed by atoms with Gasteiger partial charge in [0.15, 0.2) is 11.5 Å². The number of ether oxygens (including phenoxy) is 3. The van der Waals surface area contributed by atoms with Crippen LogP contribution in [0.15, 0.2) is 42.5 Å². The van der Waals surface area contributed by atoms with E-state index < -0.39 is 0 Å². The Labute approximate surface area is 129 Å². The zero-order valence-corrected chi connectivity index (χ0v) is 12.6. The average Bonchev–Trinajstić information content (AvgIpc) is 2.55. The Morgan fingerprint density at radius 2 is 1.86 bits per heavy atom. The van der Waals surface area contributed by atoms with Crippen LogP contribution in [0.2, 0.25) is 0 Å². The van der Waals surface area contributed by atoms with E-state index in [0.29, 0.717) is 19.6 Å². The minimum absolute atomic E-state index is 0.142. The van der Waals surface area contributed by atoms with E-state index in [1.54, 1.807) is 7.11 Å². The van der Waals surface area contributed by atoms with Gasteiger partial charge in [0.25, 0.3) is 0 Å². The molecule has 1 heterocycles. The molecule has 0 bridgehead atoms. The van der Waals surface area contributed by atoms with Crippen LogP contribution in [0, 0.1) is 0 Å². The molecular formula is C17H17ClO3. The highest BCUT2D eigenvalue weighted by molar-refractivity contribution is 6.21. The van der Waals surface area contributed by atoms with Crippen LogP contribution in [0.1, 0.15) is 16.5 Å². The van der Waals surface area contributed by atoms with E-state index in [1.165, 1.54) is 0 Å². The molecule has 0 aliphatic carbocycles. The summed E-state index contributed by atoms with van der Waals surface area (Å²) in [5.74, 6) is 2.41. The third-order valence-corrected chi connectivity index (χ3v) is 3.93. The topological polar surface area (TPSA) is 27.7 Å². The molecule has 2 aromatic carbocycles. The standard InChI is InChI=1S/C17H17ClO3/c1-19-15-5-3-2-4-13(15)10-14(18)12-6-7-16-17(11-12)21-9-8-20-16/h2-7,11,14H,8-10H2,1H3. The lowest BCUT2D eigenvalue weighted by Gasteiger charge is -2.20. The van der Waals surface area contributed by atoms with E-state index in [1.807, 2.05) is 42.5 Å². The maximum absolute atomic E-state index is 6.56. The maximum Gasteiger partial charge on any atom is 0.161 e. The molecule has 1 aliphatic heterocycles. The van der Waals surface area contributed by atoms with Gasteiger partial charge in [-0.3, -0.25) is 0 Å². The second kappa shape index (κ2) is 6.27. The summed E-state index contributed by atoms with van der Waals surface area (Å²) in [5.41, 5.74) is 2.11. The zero-order chi connectivity index (χ0) is 14.7. The molecule has 3 rings (SSSR count). The predicted octanol–water partition coefficient (Wildman–Crippen LogP) is 3.99. The first kappa shape index (κ1) is 14.1. The normalized spacial score (nSPS) is 14.6. The van der Waals surface area contributed by atoms with Gasteiger partial charge in [0.1, 0.15) is 19.0 Å². The Balaban J connectivity index is 1.80. The minimum Gasteiger partial charge on any atom is -0.496 e. The first-order valence-corrected chi connectivity index (χ1v) is 7.37. The number of halogens is 1. The molecule has 0 amide bonds. The molecule has 1 aliphatic rings. The highest BCUT2D eigenvalue weighted by Gasteiger charge is 2.17. The van der Waals surface area contributed by atoms with Crippen molar-refractivity contribution >= 4 is 11.6 Å².